The standard InChI is InChI=1S/C26H40O5/c1-16-10-11-21(31-23(3,4)5)25(8)14-22(30-15-29-9)26(28)17(2)12-20(27)19(13-18(16)25)24(26,6)7/h12-13,18,21-22,28H,1,10-11,14-15H2,2-9H3/b19-13-/t18-,21-,22+,25-,26-/m0/s1. The van der Waals surface area contributed by atoms with Crippen molar-refractivity contribution >= 4 is 5.78 Å². The second-order valence-electron chi connectivity index (χ2n) is 11.3. The Kier molecular flexibility index (Phi) is 6.25. The first-order valence-corrected chi connectivity index (χ1v) is 11.3. The molecule has 0 radical (unpaired) electrons. The second kappa shape index (κ2) is 7.95. The molecule has 0 heterocycles. The number of fused-ring (bicyclic) bond motifs is 3. The highest BCUT2D eigenvalue weighted by atomic mass is 16.7. The number of carbonyl (C=O) groups is 1. The zero-order valence-corrected chi connectivity index (χ0v) is 20.5. The van der Waals surface area contributed by atoms with Gasteiger partial charge < -0.3 is 19.3 Å². The summed E-state index contributed by atoms with van der Waals surface area (Å²) in [7, 11) is 1.58. The van der Waals surface area contributed by atoms with Gasteiger partial charge in [-0.1, -0.05) is 39.0 Å². The predicted molar refractivity (Wildman–Crippen MR) is 122 cm³/mol. The van der Waals surface area contributed by atoms with Crippen molar-refractivity contribution in [2.45, 2.75) is 91.1 Å². The van der Waals surface area contributed by atoms with Gasteiger partial charge in [-0.25, -0.2) is 0 Å². The van der Waals surface area contributed by atoms with Crippen LogP contribution in [0.5, 0.6) is 0 Å². The smallest absolute Gasteiger partial charge is 0.182 e. The predicted octanol–water partition coefficient (Wildman–Crippen LogP) is 4.75. The summed E-state index contributed by atoms with van der Waals surface area (Å²) in [6.07, 6.45) is 5.28. The van der Waals surface area contributed by atoms with Gasteiger partial charge in [0.25, 0.3) is 0 Å². The van der Waals surface area contributed by atoms with Crippen LogP contribution in [0.25, 0.3) is 0 Å². The van der Waals surface area contributed by atoms with Gasteiger partial charge in [0.05, 0.1) is 17.8 Å². The summed E-state index contributed by atoms with van der Waals surface area (Å²) in [5.74, 6) is -0.0922. The van der Waals surface area contributed by atoms with Crippen LogP contribution in [-0.2, 0) is 19.0 Å². The summed E-state index contributed by atoms with van der Waals surface area (Å²) in [5.41, 5.74) is -0.507. The summed E-state index contributed by atoms with van der Waals surface area (Å²) >= 11 is 0. The number of ether oxygens (including phenoxy) is 3. The van der Waals surface area contributed by atoms with Crippen LogP contribution in [0.15, 0.2) is 35.5 Å². The number of hydrogen-bond acceptors (Lipinski definition) is 5. The van der Waals surface area contributed by atoms with Gasteiger partial charge in [0.15, 0.2) is 5.78 Å². The van der Waals surface area contributed by atoms with Crippen LogP contribution >= 0.6 is 0 Å². The van der Waals surface area contributed by atoms with E-state index in [9.17, 15) is 9.90 Å². The van der Waals surface area contributed by atoms with E-state index in [4.69, 9.17) is 14.2 Å². The third-order valence-electron chi connectivity index (χ3n) is 7.76. The van der Waals surface area contributed by atoms with Crippen LogP contribution < -0.4 is 0 Å². The molecule has 1 saturated carbocycles. The van der Waals surface area contributed by atoms with E-state index in [0.717, 1.165) is 18.4 Å². The average molecular weight is 433 g/mol. The molecule has 1 fully saturated rings. The number of hydrogen-bond donors (Lipinski definition) is 1. The Bertz CT molecular complexity index is 814. The lowest BCUT2D eigenvalue weighted by Gasteiger charge is -2.58. The van der Waals surface area contributed by atoms with Gasteiger partial charge >= 0.3 is 0 Å². The Hall–Kier alpha value is -1.27. The largest absolute Gasteiger partial charge is 0.382 e. The first kappa shape index (κ1) is 24.4. The molecule has 3 rings (SSSR count). The SMILES string of the molecule is C=C1CC[C@H](OC(C)(C)C)[C@@]2(C)C[C@@H](OCOC)[C@@]3(O)C(C)=CC(=O)/C(=C/[C@@H]12)C3(C)C. The van der Waals surface area contributed by atoms with Gasteiger partial charge in [-0.2, -0.15) is 0 Å². The van der Waals surface area contributed by atoms with Crippen LogP contribution in [0.2, 0.25) is 0 Å². The van der Waals surface area contributed by atoms with E-state index in [0.29, 0.717) is 17.6 Å². The molecular weight excluding hydrogens is 392 g/mol. The van der Waals surface area contributed by atoms with Crippen molar-refractivity contribution < 1.29 is 24.1 Å². The van der Waals surface area contributed by atoms with Crippen molar-refractivity contribution in [3.8, 4) is 0 Å². The highest BCUT2D eigenvalue weighted by Crippen LogP contribution is 2.58. The van der Waals surface area contributed by atoms with E-state index in [2.05, 4.69) is 40.3 Å². The van der Waals surface area contributed by atoms with Crippen LogP contribution in [0.1, 0.15) is 67.7 Å². The molecule has 0 unspecified atom stereocenters. The first-order chi connectivity index (χ1) is 14.2. The second-order valence-corrected chi connectivity index (χ2v) is 11.3. The molecule has 0 saturated heterocycles. The fraction of sp³-hybridized carbons (Fsp3) is 0.731. The summed E-state index contributed by atoms with van der Waals surface area (Å²) in [5, 5.41) is 12.2. The Morgan fingerprint density at radius 3 is 2.45 bits per heavy atom. The lowest BCUT2D eigenvalue weighted by atomic mass is 9.51. The fourth-order valence-electron chi connectivity index (χ4n) is 6.04. The maximum absolute atomic E-state index is 13.2. The zero-order valence-electron chi connectivity index (χ0n) is 20.5. The maximum atomic E-state index is 13.2. The highest BCUT2D eigenvalue weighted by molar-refractivity contribution is 6.07. The first-order valence-electron chi connectivity index (χ1n) is 11.3. The third kappa shape index (κ3) is 3.88. The molecule has 2 bridgehead atoms. The van der Waals surface area contributed by atoms with Crippen molar-refractivity contribution in [3.63, 3.8) is 0 Å². The molecule has 0 aromatic heterocycles. The van der Waals surface area contributed by atoms with Crippen molar-refractivity contribution in [1.82, 2.24) is 0 Å². The van der Waals surface area contributed by atoms with Gasteiger partial charge in [0, 0.05) is 29.4 Å². The molecule has 5 heteroatoms. The normalized spacial score (nSPS) is 39.7. The minimum atomic E-state index is -1.34. The van der Waals surface area contributed by atoms with E-state index < -0.39 is 22.5 Å². The van der Waals surface area contributed by atoms with Gasteiger partial charge in [-0.05, 0) is 58.6 Å². The van der Waals surface area contributed by atoms with Crippen LogP contribution in [0.3, 0.4) is 0 Å². The minimum Gasteiger partial charge on any atom is -0.382 e. The summed E-state index contributed by atoms with van der Waals surface area (Å²) in [6.45, 7) is 18.5. The van der Waals surface area contributed by atoms with Gasteiger partial charge in [0.2, 0.25) is 0 Å². The van der Waals surface area contributed by atoms with Crippen LogP contribution in [0, 0.1) is 16.7 Å². The maximum Gasteiger partial charge on any atom is 0.182 e. The minimum absolute atomic E-state index is 0.0446. The Balaban J connectivity index is 2.25. The van der Waals surface area contributed by atoms with Crippen molar-refractivity contribution in [2.24, 2.45) is 16.7 Å². The van der Waals surface area contributed by atoms with Crippen molar-refractivity contribution in [1.29, 1.82) is 0 Å². The molecule has 3 aliphatic carbocycles. The Labute approximate surface area is 187 Å². The quantitative estimate of drug-likeness (QED) is 0.513. The molecule has 0 aromatic rings. The summed E-state index contributed by atoms with van der Waals surface area (Å²) in [6, 6.07) is 0. The molecule has 5 atom stereocenters. The van der Waals surface area contributed by atoms with Crippen molar-refractivity contribution in [3.05, 3.63) is 35.5 Å². The number of aliphatic hydroxyl groups is 1. The monoisotopic (exact) mass is 432 g/mol. The van der Waals surface area contributed by atoms with E-state index in [-0.39, 0.29) is 30.2 Å². The molecule has 5 nitrogen and oxygen atoms in total. The van der Waals surface area contributed by atoms with Gasteiger partial charge in [0.1, 0.15) is 12.4 Å². The van der Waals surface area contributed by atoms with Crippen LogP contribution in [-0.4, -0.2) is 48.2 Å². The zero-order chi connectivity index (χ0) is 23.4. The number of methoxy groups -OCH3 is 1. The average Bonchev–Trinajstić information content (AvgIpc) is 2.63. The summed E-state index contributed by atoms with van der Waals surface area (Å²) < 4.78 is 18.0. The molecule has 0 spiro atoms. The number of carbonyl (C=O) groups excluding carboxylic acids is 1. The Morgan fingerprint density at radius 2 is 1.87 bits per heavy atom. The third-order valence-corrected chi connectivity index (χ3v) is 7.76. The number of rotatable bonds is 4. The molecule has 3 aliphatic rings. The fourth-order valence-corrected chi connectivity index (χ4v) is 6.04. The molecule has 31 heavy (non-hydrogen) atoms. The lowest BCUT2D eigenvalue weighted by Crippen LogP contribution is -2.63. The number of ketones is 1. The molecule has 0 aromatic carbocycles. The van der Waals surface area contributed by atoms with E-state index in [1.807, 2.05) is 20.8 Å². The molecule has 0 amide bonds. The van der Waals surface area contributed by atoms with E-state index >= 15 is 0 Å². The van der Waals surface area contributed by atoms with Crippen molar-refractivity contribution in [2.75, 3.05) is 13.9 Å². The number of allylic oxidation sites excluding steroid dienone is 3. The molecule has 174 valence electrons. The lowest BCUT2D eigenvalue weighted by molar-refractivity contribution is -0.207. The topological polar surface area (TPSA) is 65.0 Å². The summed E-state index contributed by atoms with van der Waals surface area (Å²) in [4.78, 5) is 13.2. The molecule has 1 N–H and O–H groups in total. The van der Waals surface area contributed by atoms with Crippen LogP contribution in [0.4, 0.5) is 0 Å². The molecule has 0 aliphatic heterocycles. The van der Waals surface area contributed by atoms with Gasteiger partial charge in [-0.3, -0.25) is 4.79 Å². The van der Waals surface area contributed by atoms with E-state index in [1.165, 1.54) is 0 Å². The highest BCUT2D eigenvalue weighted by Gasteiger charge is 2.61. The molecular formula is C26H40O5. The van der Waals surface area contributed by atoms with E-state index in [1.54, 1.807) is 13.2 Å². The Morgan fingerprint density at radius 1 is 1.23 bits per heavy atom. The van der Waals surface area contributed by atoms with Gasteiger partial charge in [-0.15, -0.1) is 0 Å².